The molecule has 0 aromatic carbocycles. The van der Waals surface area contributed by atoms with E-state index in [0.29, 0.717) is 0 Å². The molecule has 0 fully saturated rings. The SMILES string of the molecule is CC(O)[C@H](NS(=O)(=O)N[C@@H](CCC(=O)O)c1nc(-c2cnccn2)no1)C(=O)O. The third kappa shape index (κ3) is 6.53. The zero-order valence-corrected chi connectivity index (χ0v) is 15.8. The zero-order chi connectivity index (χ0) is 21.6. The molecule has 29 heavy (non-hydrogen) atoms. The van der Waals surface area contributed by atoms with Crippen molar-refractivity contribution in [1.82, 2.24) is 29.6 Å². The van der Waals surface area contributed by atoms with E-state index in [2.05, 4.69) is 24.8 Å². The maximum Gasteiger partial charge on any atom is 0.324 e. The lowest BCUT2D eigenvalue weighted by molar-refractivity contribution is -0.141. The zero-order valence-electron chi connectivity index (χ0n) is 15.0. The summed E-state index contributed by atoms with van der Waals surface area (Å²) in [5.41, 5.74) is 0.237. The summed E-state index contributed by atoms with van der Waals surface area (Å²) < 4.78 is 33.4. The number of aliphatic carboxylic acids is 2. The molecular formula is C14H18N6O8S. The monoisotopic (exact) mass is 430 g/mol. The molecule has 2 aromatic heterocycles. The molecule has 0 aliphatic carbocycles. The summed E-state index contributed by atoms with van der Waals surface area (Å²) in [6.45, 7) is 1.09. The molecule has 14 nitrogen and oxygen atoms in total. The van der Waals surface area contributed by atoms with Crippen molar-refractivity contribution >= 4 is 22.1 Å². The van der Waals surface area contributed by atoms with Crippen LogP contribution in [0, 0.1) is 0 Å². The molecule has 0 bridgehead atoms. The summed E-state index contributed by atoms with van der Waals surface area (Å²) in [7, 11) is -4.51. The first-order chi connectivity index (χ1) is 13.6. The fraction of sp³-hybridized carbons (Fsp3) is 0.429. The smallest absolute Gasteiger partial charge is 0.324 e. The summed E-state index contributed by atoms with van der Waals surface area (Å²) in [6.07, 6.45) is 1.88. The van der Waals surface area contributed by atoms with Crippen LogP contribution in [0.5, 0.6) is 0 Å². The Morgan fingerprint density at radius 1 is 1.24 bits per heavy atom. The predicted molar refractivity (Wildman–Crippen MR) is 93.2 cm³/mol. The van der Waals surface area contributed by atoms with Crippen molar-refractivity contribution in [3.8, 4) is 11.5 Å². The third-order valence-corrected chi connectivity index (χ3v) is 4.67. The van der Waals surface area contributed by atoms with Gasteiger partial charge in [0.1, 0.15) is 17.8 Å². The highest BCUT2D eigenvalue weighted by Crippen LogP contribution is 2.21. The Hall–Kier alpha value is -3.01. The minimum atomic E-state index is -4.51. The molecule has 0 spiro atoms. The van der Waals surface area contributed by atoms with Crippen LogP contribution in [0.3, 0.4) is 0 Å². The van der Waals surface area contributed by atoms with E-state index < -0.39 is 46.8 Å². The first kappa shape index (κ1) is 22.3. The van der Waals surface area contributed by atoms with Gasteiger partial charge >= 0.3 is 11.9 Å². The number of nitrogens with zero attached hydrogens (tertiary/aromatic N) is 4. The van der Waals surface area contributed by atoms with Gasteiger partial charge in [0, 0.05) is 18.8 Å². The quantitative estimate of drug-likeness (QED) is 0.281. The number of carboxylic acids is 2. The number of carbonyl (C=O) groups is 2. The number of hydrogen-bond donors (Lipinski definition) is 5. The molecule has 1 unspecified atom stereocenters. The molecular weight excluding hydrogens is 412 g/mol. The van der Waals surface area contributed by atoms with Crippen molar-refractivity contribution in [2.45, 2.75) is 38.0 Å². The Bertz CT molecular complexity index is 948. The van der Waals surface area contributed by atoms with Crippen molar-refractivity contribution in [3.63, 3.8) is 0 Å². The molecule has 0 saturated carbocycles. The minimum Gasteiger partial charge on any atom is -0.481 e. The maximum absolute atomic E-state index is 12.3. The molecule has 2 heterocycles. The van der Waals surface area contributed by atoms with Crippen LogP contribution in [-0.2, 0) is 19.8 Å². The number of carboxylic acid groups (broad SMARTS) is 2. The lowest BCUT2D eigenvalue weighted by atomic mass is 10.2. The van der Waals surface area contributed by atoms with Crippen LogP contribution in [0.4, 0.5) is 0 Å². The van der Waals surface area contributed by atoms with Crippen LogP contribution in [-0.4, -0.2) is 67.9 Å². The molecule has 5 N–H and O–H groups in total. The van der Waals surface area contributed by atoms with Crippen LogP contribution in [0.25, 0.3) is 11.5 Å². The van der Waals surface area contributed by atoms with E-state index in [1.807, 2.05) is 0 Å². The van der Waals surface area contributed by atoms with Crippen LogP contribution in [0.1, 0.15) is 31.7 Å². The standard InChI is InChI=1S/C14H18N6O8S/c1-7(21)11(14(24)25)20-29(26,27)19-8(2-3-10(22)23)13-17-12(18-28-13)9-6-15-4-5-16-9/h4-8,11,19-21H,2-3H2,1H3,(H,22,23)(H,24,25)/t7?,8-,11-/m0/s1. The van der Waals surface area contributed by atoms with Gasteiger partial charge in [0.2, 0.25) is 11.7 Å². The summed E-state index contributed by atoms with van der Waals surface area (Å²) >= 11 is 0. The highest BCUT2D eigenvalue weighted by atomic mass is 32.2. The average Bonchev–Trinajstić information content (AvgIpc) is 3.13. The molecule has 3 atom stereocenters. The van der Waals surface area contributed by atoms with Gasteiger partial charge < -0.3 is 19.8 Å². The van der Waals surface area contributed by atoms with Gasteiger partial charge in [0.05, 0.1) is 12.3 Å². The van der Waals surface area contributed by atoms with Gasteiger partial charge in [0.25, 0.3) is 10.2 Å². The predicted octanol–water partition coefficient (Wildman–Crippen LogP) is -1.31. The second-order valence-electron chi connectivity index (χ2n) is 5.83. The Morgan fingerprint density at radius 2 is 1.97 bits per heavy atom. The van der Waals surface area contributed by atoms with Gasteiger partial charge in [-0.25, -0.2) is 4.98 Å². The van der Waals surface area contributed by atoms with Crippen molar-refractivity contribution in [2.75, 3.05) is 0 Å². The lowest BCUT2D eigenvalue weighted by Gasteiger charge is -2.20. The number of nitrogens with one attached hydrogen (secondary N) is 2. The van der Waals surface area contributed by atoms with Gasteiger partial charge in [-0.2, -0.15) is 22.8 Å². The fourth-order valence-corrected chi connectivity index (χ4v) is 3.43. The molecule has 2 rings (SSSR count). The topological polar surface area (TPSA) is 218 Å². The van der Waals surface area contributed by atoms with Gasteiger partial charge in [-0.1, -0.05) is 5.16 Å². The molecule has 158 valence electrons. The minimum absolute atomic E-state index is 0.00650. The van der Waals surface area contributed by atoms with E-state index >= 15 is 0 Å². The number of rotatable bonds is 11. The van der Waals surface area contributed by atoms with Crippen molar-refractivity contribution in [1.29, 1.82) is 0 Å². The Balaban J connectivity index is 2.25. The van der Waals surface area contributed by atoms with Crippen molar-refractivity contribution in [3.05, 3.63) is 24.5 Å². The highest BCUT2D eigenvalue weighted by Gasteiger charge is 2.32. The van der Waals surface area contributed by atoms with Gasteiger partial charge in [-0.3, -0.25) is 14.6 Å². The Morgan fingerprint density at radius 3 is 2.52 bits per heavy atom. The third-order valence-electron chi connectivity index (χ3n) is 3.51. The first-order valence-corrected chi connectivity index (χ1v) is 9.59. The second-order valence-corrected chi connectivity index (χ2v) is 7.31. The Labute approximate surface area is 164 Å². The fourth-order valence-electron chi connectivity index (χ4n) is 2.14. The molecule has 2 aromatic rings. The summed E-state index contributed by atoms with van der Waals surface area (Å²) in [5, 5.41) is 31.0. The molecule has 15 heteroatoms. The van der Waals surface area contributed by atoms with E-state index in [9.17, 15) is 23.1 Å². The largest absolute Gasteiger partial charge is 0.481 e. The number of aromatic nitrogens is 4. The lowest BCUT2D eigenvalue weighted by Crippen LogP contribution is -2.52. The molecule has 0 radical (unpaired) electrons. The van der Waals surface area contributed by atoms with E-state index in [1.54, 1.807) is 4.72 Å². The van der Waals surface area contributed by atoms with E-state index in [-0.39, 0.29) is 23.8 Å². The summed E-state index contributed by atoms with van der Waals surface area (Å²) in [5.74, 6) is -3.08. The van der Waals surface area contributed by atoms with E-state index in [1.165, 1.54) is 18.6 Å². The van der Waals surface area contributed by atoms with Crippen LogP contribution in [0.2, 0.25) is 0 Å². The molecule has 0 aliphatic rings. The Kier molecular flexibility index (Phi) is 7.27. The van der Waals surface area contributed by atoms with E-state index in [4.69, 9.17) is 14.7 Å². The normalized spacial score (nSPS) is 14.8. The van der Waals surface area contributed by atoms with Gasteiger partial charge in [-0.05, 0) is 13.3 Å². The number of hydrogen-bond acceptors (Lipinski definition) is 10. The van der Waals surface area contributed by atoms with Gasteiger partial charge in [0.15, 0.2) is 0 Å². The average molecular weight is 430 g/mol. The van der Waals surface area contributed by atoms with Crippen molar-refractivity contribution in [2.24, 2.45) is 0 Å². The molecule has 0 saturated heterocycles. The molecule has 0 amide bonds. The van der Waals surface area contributed by atoms with Crippen LogP contribution in [0.15, 0.2) is 23.1 Å². The number of aliphatic hydroxyl groups is 1. The van der Waals surface area contributed by atoms with Crippen molar-refractivity contribution < 1.29 is 37.8 Å². The second kappa shape index (κ2) is 9.46. The molecule has 0 aliphatic heterocycles. The number of aliphatic hydroxyl groups excluding tert-OH is 1. The first-order valence-electron chi connectivity index (χ1n) is 8.11. The summed E-state index contributed by atoms with van der Waals surface area (Å²) in [4.78, 5) is 33.8. The van der Waals surface area contributed by atoms with Gasteiger partial charge in [-0.15, -0.1) is 0 Å². The van der Waals surface area contributed by atoms with Crippen LogP contribution >= 0.6 is 0 Å². The van der Waals surface area contributed by atoms with E-state index in [0.717, 1.165) is 6.92 Å². The maximum atomic E-state index is 12.3. The van der Waals surface area contributed by atoms with Crippen LogP contribution < -0.4 is 9.44 Å². The summed E-state index contributed by atoms with van der Waals surface area (Å²) in [6, 6.07) is -3.12. The highest BCUT2D eigenvalue weighted by molar-refractivity contribution is 7.87.